The molecule has 0 aliphatic carbocycles. The number of aromatic hydroxyl groups is 1. The molecule has 1 rings (SSSR count). The van der Waals surface area contributed by atoms with E-state index >= 15 is 0 Å². The highest BCUT2D eigenvalue weighted by Gasteiger charge is 2.03. The van der Waals surface area contributed by atoms with Crippen LogP contribution in [0.4, 0.5) is 0 Å². The normalized spacial score (nSPS) is 10.4. The number of hydrogen-bond acceptors (Lipinski definition) is 2. The van der Waals surface area contributed by atoms with Gasteiger partial charge in [0.2, 0.25) is 0 Å². The van der Waals surface area contributed by atoms with Crippen molar-refractivity contribution in [3.8, 4) is 5.75 Å². The standard InChI is InChI=1S/C10H14ClNO/c1-7-5-8(3-4-12-2)6-9(13)10(7)11/h5-6,12-13H,3-4H2,1-2H3. The second-order valence-electron chi connectivity index (χ2n) is 3.10. The second kappa shape index (κ2) is 4.49. The number of benzene rings is 1. The van der Waals surface area contributed by atoms with Crippen molar-refractivity contribution in [1.29, 1.82) is 0 Å². The smallest absolute Gasteiger partial charge is 0.134 e. The summed E-state index contributed by atoms with van der Waals surface area (Å²) in [5, 5.41) is 12.9. The average Bonchev–Trinajstić information content (AvgIpc) is 2.10. The van der Waals surface area contributed by atoms with Crippen LogP contribution < -0.4 is 5.32 Å². The van der Waals surface area contributed by atoms with Crippen molar-refractivity contribution in [3.05, 3.63) is 28.3 Å². The zero-order chi connectivity index (χ0) is 9.84. The summed E-state index contributed by atoms with van der Waals surface area (Å²) in [6, 6.07) is 3.71. The zero-order valence-electron chi connectivity index (χ0n) is 7.89. The highest BCUT2D eigenvalue weighted by Crippen LogP contribution is 2.28. The number of phenolic OH excluding ortho intramolecular Hbond substituents is 1. The summed E-state index contributed by atoms with van der Waals surface area (Å²) >= 11 is 5.82. The maximum Gasteiger partial charge on any atom is 0.134 e. The van der Waals surface area contributed by atoms with Gasteiger partial charge in [0.15, 0.2) is 0 Å². The molecule has 0 amide bonds. The van der Waals surface area contributed by atoms with Crippen LogP contribution in [0.15, 0.2) is 12.1 Å². The minimum absolute atomic E-state index is 0.174. The van der Waals surface area contributed by atoms with Crippen molar-refractivity contribution < 1.29 is 5.11 Å². The van der Waals surface area contributed by atoms with E-state index in [4.69, 9.17) is 11.6 Å². The molecule has 1 aromatic rings. The number of phenols is 1. The number of likely N-dealkylation sites (N-methyl/N-ethyl adjacent to an activating group) is 1. The lowest BCUT2D eigenvalue weighted by Gasteiger charge is -2.06. The van der Waals surface area contributed by atoms with Gasteiger partial charge in [0.25, 0.3) is 0 Å². The van der Waals surface area contributed by atoms with E-state index in [1.54, 1.807) is 6.07 Å². The van der Waals surface area contributed by atoms with Gasteiger partial charge < -0.3 is 10.4 Å². The average molecular weight is 200 g/mol. The van der Waals surface area contributed by atoms with Crippen LogP contribution in [-0.4, -0.2) is 18.7 Å². The van der Waals surface area contributed by atoms with E-state index in [1.807, 2.05) is 20.0 Å². The van der Waals surface area contributed by atoms with Gasteiger partial charge in [-0.1, -0.05) is 17.7 Å². The lowest BCUT2D eigenvalue weighted by atomic mass is 10.1. The van der Waals surface area contributed by atoms with E-state index in [2.05, 4.69) is 5.32 Å². The van der Waals surface area contributed by atoms with Crippen LogP contribution in [0.1, 0.15) is 11.1 Å². The van der Waals surface area contributed by atoms with E-state index in [-0.39, 0.29) is 5.75 Å². The lowest BCUT2D eigenvalue weighted by Crippen LogP contribution is -2.10. The fourth-order valence-corrected chi connectivity index (χ4v) is 1.35. The van der Waals surface area contributed by atoms with E-state index < -0.39 is 0 Å². The molecule has 0 fully saturated rings. The summed E-state index contributed by atoms with van der Waals surface area (Å²) in [7, 11) is 1.91. The van der Waals surface area contributed by atoms with Crippen LogP contribution in [0, 0.1) is 6.92 Å². The monoisotopic (exact) mass is 199 g/mol. The molecule has 0 spiro atoms. The number of halogens is 1. The highest BCUT2D eigenvalue weighted by molar-refractivity contribution is 6.32. The number of hydrogen-bond donors (Lipinski definition) is 2. The molecule has 2 nitrogen and oxygen atoms in total. The van der Waals surface area contributed by atoms with Crippen LogP contribution >= 0.6 is 11.6 Å². The first kappa shape index (κ1) is 10.4. The third kappa shape index (κ3) is 2.61. The second-order valence-corrected chi connectivity index (χ2v) is 3.48. The largest absolute Gasteiger partial charge is 0.506 e. The third-order valence-corrected chi connectivity index (χ3v) is 2.45. The Balaban J connectivity index is 2.86. The van der Waals surface area contributed by atoms with Gasteiger partial charge in [-0.2, -0.15) is 0 Å². The van der Waals surface area contributed by atoms with Gasteiger partial charge in [-0.3, -0.25) is 0 Å². The summed E-state index contributed by atoms with van der Waals surface area (Å²) in [4.78, 5) is 0. The molecule has 0 aromatic heterocycles. The number of aryl methyl sites for hydroxylation is 1. The molecule has 0 aliphatic heterocycles. The predicted octanol–water partition coefficient (Wildman–Crippen LogP) is 2.12. The molecular formula is C10H14ClNO. The molecule has 1 aromatic carbocycles. The molecule has 2 N–H and O–H groups in total. The Morgan fingerprint density at radius 1 is 1.46 bits per heavy atom. The first-order chi connectivity index (χ1) is 6.15. The summed E-state index contributed by atoms with van der Waals surface area (Å²) in [5.41, 5.74) is 2.03. The van der Waals surface area contributed by atoms with Gasteiger partial charge in [-0.05, 0) is 44.1 Å². The number of nitrogens with one attached hydrogen (secondary N) is 1. The van der Waals surface area contributed by atoms with Crippen LogP contribution in [0.5, 0.6) is 5.75 Å². The van der Waals surface area contributed by atoms with Gasteiger partial charge in [0, 0.05) is 0 Å². The first-order valence-corrected chi connectivity index (χ1v) is 4.65. The maximum absolute atomic E-state index is 9.43. The Labute approximate surface area is 83.5 Å². The Morgan fingerprint density at radius 2 is 2.15 bits per heavy atom. The minimum atomic E-state index is 0.174. The summed E-state index contributed by atoms with van der Waals surface area (Å²) in [5.74, 6) is 0.174. The van der Waals surface area contributed by atoms with Gasteiger partial charge in [0.05, 0.1) is 5.02 Å². The van der Waals surface area contributed by atoms with Crippen molar-refractivity contribution >= 4 is 11.6 Å². The Morgan fingerprint density at radius 3 is 2.69 bits per heavy atom. The van der Waals surface area contributed by atoms with E-state index in [1.165, 1.54) is 0 Å². The molecule has 0 bridgehead atoms. The Kier molecular flexibility index (Phi) is 3.58. The van der Waals surface area contributed by atoms with Crippen LogP contribution in [0.2, 0.25) is 5.02 Å². The van der Waals surface area contributed by atoms with Crippen LogP contribution in [0.25, 0.3) is 0 Å². The van der Waals surface area contributed by atoms with Gasteiger partial charge in [-0.15, -0.1) is 0 Å². The minimum Gasteiger partial charge on any atom is -0.506 e. The molecule has 0 saturated heterocycles. The molecule has 0 unspecified atom stereocenters. The predicted molar refractivity (Wildman–Crippen MR) is 55.5 cm³/mol. The summed E-state index contributed by atoms with van der Waals surface area (Å²) < 4.78 is 0. The SMILES string of the molecule is CNCCc1cc(C)c(Cl)c(O)c1. The molecule has 0 radical (unpaired) electrons. The van der Waals surface area contributed by atoms with Gasteiger partial charge in [-0.25, -0.2) is 0 Å². The van der Waals surface area contributed by atoms with E-state index in [0.29, 0.717) is 5.02 Å². The van der Waals surface area contributed by atoms with Crippen molar-refractivity contribution in [2.24, 2.45) is 0 Å². The summed E-state index contributed by atoms with van der Waals surface area (Å²) in [6.45, 7) is 2.80. The Hall–Kier alpha value is -0.730. The van der Waals surface area contributed by atoms with Gasteiger partial charge >= 0.3 is 0 Å². The quantitative estimate of drug-likeness (QED) is 0.782. The summed E-state index contributed by atoms with van der Waals surface area (Å²) in [6.07, 6.45) is 0.905. The molecule has 0 aliphatic rings. The van der Waals surface area contributed by atoms with Gasteiger partial charge in [0.1, 0.15) is 5.75 Å². The Bertz CT molecular complexity index is 276. The molecule has 3 heteroatoms. The molecule has 72 valence electrons. The molecule has 13 heavy (non-hydrogen) atoms. The van der Waals surface area contributed by atoms with Crippen molar-refractivity contribution in [1.82, 2.24) is 5.32 Å². The molecular weight excluding hydrogens is 186 g/mol. The first-order valence-electron chi connectivity index (χ1n) is 4.27. The lowest BCUT2D eigenvalue weighted by molar-refractivity contribution is 0.474. The molecule has 0 atom stereocenters. The zero-order valence-corrected chi connectivity index (χ0v) is 8.65. The number of rotatable bonds is 3. The van der Waals surface area contributed by atoms with E-state index in [9.17, 15) is 5.11 Å². The highest BCUT2D eigenvalue weighted by atomic mass is 35.5. The van der Waals surface area contributed by atoms with Crippen LogP contribution in [-0.2, 0) is 6.42 Å². The van der Waals surface area contributed by atoms with Crippen molar-refractivity contribution in [2.45, 2.75) is 13.3 Å². The van der Waals surface area contributed by atoms with Crippen molar-refractivity contribution in [2.75, 3.05) is 13.6 Å². The van der Waals surface area contributed by atoms with Crippen molar-refractivity contribution in [3.63, 3.8) is 0 Å². The third-order valence-electron chi connectivity index (χ3n) is 1.96. The fraction of sp³-hybridized carbons (Fsp3) is 0.400. The maximum atomic E-state index is 9.43. The topological polar surface area (TPSA) is 32.3 Å². The molecule has 0 heterocycles. The fourth-order valence-electron chi connectivity index (χ4n) is 1.24. The van der Waals surface area contributed by atoms with Crippen LogP contribution in [0.3, 0.4) is 0 Å². The van der Waals surface area contributed by atoms with E-state index in [0.717, 1.165) is 24.1 Å². The molecule has 0 saturated carbocycles.